The molecule has 0 aromatic carbocycles. The van der Waals surface area contributed by atoms with Crippen LogP contribution >= 0.6 is 24.0 Å². The average Bonchev–Trinajstić information content (AvgIpc) is 3.08. The first-order valence-corrected chi connectivity index (χ1v) is 11.2. The van der Waals surface area contributed by atoms with Crippen LogP contribution in [0.2, 0.25) is 0 Å². The van der Waals surface area contributed by atoms with E-state index in [-0.39, 0.29) is 53.9 Å². The lowest BCUT2D eigenvalue weighted by molar-refractivity contribution is -0.121. The Kier molecular flexibility index (Phi) is 9.76. The van der Waals surface area contributed by atoms with Crippen molar-refractivity contribution in [1.29, 1.82) is 0 Å². The van der Waals surface area contributed by atoms with Crippen molar-refractivity contribution >= 4 is 45.7 Å². The normalized spacial score (nSPS) is 28.0. The minimum absolute atomic E-state index is 0. The number of halogens is 1. The standard InChI is InChI=1S/C17H33N5O3S.HI/c1-12(2)22-9-13(3)15(10-22)21-17(18-4)19-7-5-16(23)20-14-6-8-26(24,25)11-14;/h12-15H,5-11H2,1-4H3,(H,20,23)(H2,18,19,21);1H. The topological polar surface area (TPSA) is 103 Å². The molecule has 3 atom stereocenters. The molecule has 0 saturated carbocycles. The van der Waals surface area contributed by atoms with E-state index in [1.165, 1.54) is 0 Å². The molecule has 3 N–H and O–H groups in total. The fourth-order valence-corrected chi connectivity index (χ4v) is 5.16. The van der Waals surface area contributed by atoms with Gasteiger partial charge in [-0.3, -0.25) is 14.7 Å². The number of sulfone groups is 1. The van der Waals surface area contributed by atoms with Gasteiger partial charge in [0.15, 0.2) is 15.8 Å². The minimum atomic E-state index is -2.97. The van der Waals surface area contributed by atoms with Gasteiger partial charge in [0.2, 0.25) is 5.91 Å². The summed E-state index contributed by atoms with van der Waals surface area (Å²) < 4.78 is 22.9. The first-order valence-electron chi connectivity index (χ1n) is 9.41. The Hall–Kier alpha value is -0.620. The van der Waals surface area contributed by atoms with Crippen molar-refractivity contribution in [3.8, 4) is 0 Å². The van der Waals surface area contributed by atoms with Crippen molar-refractivity contribution in [3.63, 3.8) is 0 Å². The molecule has 2 saturated heterocycles. The van der Waals surface area contributed by atoms with Gasteiger partial charge in [0.25, 0.3) is 0 Å². The van der Waals surface area contributed by atoms with Gasteiger partial charge in [-0.05, 0) is 26.2 Å². The summed E-state index contributed by atoms with van der Waals surface area (Å²) >= 11 is 0. The van der Waals surface area contributed by atoms with Gasteiger partial charge in [-0.1, -0.05) is 6.92 Å². The maximum absolute atomic E-state index is 12.0. The second-order valence-electron chi connectivity index (χ2n) is 7.69. The molecular weight excluding hydrogens is 481 g/mol. The van der Waals surface area contributed by atoms with E-state index in [4.69, 9.17) is 0 Å². The summed E-state index contributed by atoms with van der Waals surface area (Å²) in [5.41, 5.74) is 0. The highest BCUT2D eigenvalue weighted by molar-refractivity contribution is 14.0. The van der Waals surface area contributed by atoms with Crippen molar-refractivity contribution in [2.45, 2.75) is 51.7 Å². The van der Waals surface area contributed by atoms with E-state index >= 15 is 0 Å². The van der Waals surface area contributed by atoms with E-state index in [1.807, 2.05) is 0 Å². The molecule has 0 radical (unpaired) electrons. The molecule has 2 rings (SSSR count). The smallest absolute Gasteiger partial charge is 0.222 e. The summed E-state index contributed by atoms with van der Waals surface area (Å²) in [5, 5.41) is 9.42. The number of likely N-dealkylation sites (tertiary alicyclic amines) is 1. The molecule has 158 valence electrons. The molecule has 0 bridgehead atoms. The zero-order valence-corrected chi connectivity index (χ0v) is 19.8. The van der Waals surface area contributed by atoms with Crippen molar-refractivity contribution in [1.82, 2.24) is 20.9 Å². The van der Waals surface area contributed by atoms with Crippen LogP contribution in [0.1, 0.15) is 33.6 Å². The van der Waals surface area contributed by atoms with Gasteiger partial charge in [0, 0.05) is 51.2 Å². The van der Waals surface area contributed by atoms with E-state index in [0.717, 1.165) is 13.1 Å². The lowest BCUT2D eigenvalue weighted by Gasteiger charge is -2.22. The molecule has 3 unspecified atom stereocenters. The second kappa shape index (κ2) is 10.8. The lowest BCUT2D eigenvalue weighted by Crippen LogP contribution is -2.47. The molecule has 0 aromatic rings. The monoisotopic (exact) mass is 515 g/mol. The zero-order valence-electron chi connectivity index (χ0n) is 16.7. The number of nitrogens with zero attached hydrogens (tertiary/aromatic N) is 2. The fourth-order valence-electron chi connectivity index (χ4n) is 3.49. The molecule has 0 aliphatic carbocycles. The summed E-state index contributed by atoms with van der Waals surface area (Å²) in [5.74, 6) is 1.32. The van der Waals surface area contributed by atoms with Gasteiger partial charge in [-0.15, -0.1) is 24.0 Å². The molecule has 0 spiro atoms. The third-order valence-corrected chi connectivity index (χ3v) is 6.93. The van der Waals surface area contributed by atoms with Crippen molar-refractivity contribution in [3.05, 3.63) is 0 Å². The predicted octanol–water partition coefficient (Wildman–Crippen LogP) is 0.192. The molecule has 0 aromatic heterocycles. The molecular formula is C17H34IN5O3S. The SMILES string of the molecule is CN=C(NCCC(=O)NC1CCS(=O)(=O)C1)NC1CN(C(C)C)CC1C.I. The van der Waals surface area contributed by atoms with Crippen LogP contribution in [0.3, 0.4) is 0 Å². The Morgan fingerprint density at radius 1 is 1.26 bits per heavy atom. The summed E-state index contributed by atoms with van der Waals surface area (Å²) in [6.45, 7) is 9.15. The van der Waals surface area contributed by atoms with Crippen LogP contribution < -0.4 is 16.0 Å². The molecule has 2 aliphatic heterocycles. The van der Waals surface area contributed by atoms with E-state index in [1.54, 1.807) is 7.05 Å². The Morgan fingerprint density at radius 2 is 1.96 bits per heavy atom. The third kappa shape index (κ3) is 7.72. The highest BCUT2D eigenvalue weighted by atomic mass is 127. The average molecular weight is 515 g/mol. The lowest BCUT2D eigenvalue weighted by atomic mass is 10.1. The van der Waals surface area contributed by atoms with Crippen LogP contribution in [0.25, 0.3) is 0 Å². The number of carbonyl (C=O) groups excluding carboxylic acids is 1. The number of hydrogen-bond acceptors (Lipinski definition) is 5. The molecule has 10 heteroatoms. The maximum Gasteiger partial charge on any atom is 0.222 e. The van der Waals surface area contributed by atoms with Crippen LogP contribution in [-0.4, -0.2) is 81.5 Å². The van der Waals surface area contributed by atoms with Crippen LogP contribution in [0.15, 0.2) is 4.99 Å². The molecule has 27 heavy (non-hydrogen) atoms. The van der Waals surface area contributed by atoms with Crippen LogP contribution in [-0.2, 0) is 14.6 Å². The second-order valence-corrected chi connectivity index (χ2v) is 9.92. The van der Waals surface area contributed by atoms with Gasteiger partial charge in [-0.2, -0.15) is 0 Å². The van der Waals surface area contributed by atoms with E-state index in [9.17, 15) is 13.2 Å². The zero-order chi connectivity index (χ0) is 19.3. The van der Waals surface area contributed by atoms with Gasteiger partial charge >= 0.3 is 0 Å². The van der Waals surface area contributed by atoms with Crippen LogP contribution in [0, 0.1) is 5.92 Å². The first kappa shape index (κ1) is 24.4. The number of amides is 1. The van der Waals surface area contributed by atoms with Crippen molar-refractivity contribution in [2.24, 2.45) is 10.9 Å². The van der Waals surface area contributed by atoms with Gasteiger partial charge < -0.3 is 16.0 Å². The number of nitrogens with one attached hydrogen (secondary N) is 3. The highest BCUT2D eigenvalue weighted by Crippen LogP contribution is 2.18. The number of aliphatic imine (C=N–C) groups is 1. The number of rotatable bonds is 6. The summed E-state index contributed by atoms with van der Waals surface area (Å²) in [7, 11) is -1.25. The maximum atomic E-state index is 12.0. The fraction of sp³-hybridized carbons (Fsp3) is 0.882. The van der Waals surface area contributed by atoms with Crippen molar-refractivity contribution in [2.75, 3.05) is 38.2 Å². The van der Waals surface area contributed by atoms with E-state index < -0.39 is 9.84 Å². The predicted molar refractivity (Wildman–Crippen MR) is 119 cm³/mol. The van der Waals surface area contributed by atoms with E-state index in [0.29, 0.717) is 36.9 Å². The van der Waals surface area contributed by atoms with Gasteiger partial charge in [0.1, 0.15) is 0 Å². The largest absolute Gasteiger partial charge is 0.356 e. The number of carbonyl (C=O) groups is 1. The van der Waals surface area contributed by atoms with Crippen molar-refractivity contribution < 1.29 is 13.2 Å². The Bertz CT molecular complexity index is 626. The Morgan fingerprint density at radius 3 is 2.48 bits per heavy atom. The van der Waals surface area contributed by atoms with Gasteiger partial charge in [0.05, 0.1) is 11.5 Å². The molecule has 2 heterocycles. The van der Waals surface area contributed by atoms with Gasteiger partial charge in [-0.25, -0.2) is 8.42 Å². The molecule has 2 fully saturated rings. The Balaban J connectivity index is 0.00000364. The number of guanidine groups is 1. The Labute approximate surface area is 180 Å². The molecule has 8 nitrogen and oxygen atoms in total. The van der Waals surface area contributed by atoms with Crippen LogP contribution in [0.5, 0.6) is 0 Å². The quantitative estimate of drug-likeness (QED) is 0.265. The summed E-state index contributed by atoms with van der Waals surface area (Å²) in [4.78, 5) is 18.7. The first-order chi connectivity index (χ1) is 12.2. The summed E-state index contributed by atoms with van der Waals surface area (Å²) in [6, 6.07) is 0.620. The highest BCUT2D eigenvalue weighted by Gasteiger charge is 2.31. The third-order valence-electron chi connectivity index (χ3n) is 5.16. The molecule has 1 amide bonds. The molecule has 2 aliphatic rings. The van der Waals surface area contributed by atoms with E-state index in [2.05, 4.69) is 46.6 Å². The minimum Gasteiger partial charge on any atom is -0.356 e. The number of hydrogen-bond donors (Lipinski definition) is 3. The summed E-state index contributed by atoms with van der Waals surface area (Å²) in [6.07, 6.45) is 0.798. The van der Waals surface area contributed by atoms with Crippen LogP contribution in [0.4, 0.5) is 0 Å².